The van der Waals surface area contributed by atoms with Crippen molar-refractivity contribution in [1.82, 2.24) is 4.90 Å². The molecule has 2 aromatic carbocycles. The maximum absolute atomic E-state index is 12.7. The van der Waals surface area contributed by atoms with E-state index in [1.807, 2.05) is 56.3 Å². The number of benzene rings is 2. The maximum Gasteiger partial charge on any atom is 0.229 e. The zero-order valence-corrected chi connectivity index (χ0v) is 16.6. The Morgan fingerprint density at radius 1 is 1.22 bits per heavy atom. The van der Waals surface area contributed by atoms with E-state index in [9.17, 15) is 9.59 Å². The van der Waals surface area contributed by atoms with Crippen molar-refractivity contribution in [3.8, 4) is 0 Å². The van der Waals surface area contributed by atoms with Crippen LogP contribution in [0.3, 0.4) is 0 Å². The molecule has 2 aromatic rings. The number of nitrogens with one attached hydrogen (secondary N) is 1. The number of hydrogen-bond donors (Lipinski definition) is 1. The molecule has 142 valence electrons. The highest BCUT2D eigenvalue weighted by molar-refractivity contribution is 6.31. The quantitative estimate of drug-likeness (QED) is 0.853. The van der Waals surface area contributed by atoms with Gasteiger partial charge in [-0.05, 0) is 30.7 Å². The van der Waals surface area contributed by atoms with Crippen molar-refractivity contribution >= 4 is 34.8 Å². The third-order valence-corrected chi connectivity index (χ3v) is 5.01. The Balaban J connectivity index is 1.67. The lowest BCUT2D eigenvalue weighted by molar-refractivity contribution is -0.128. The first-order valence-electron chi connectivity index (χ1n) is 8.94. The number of likely N-dealkylation sites (tertiary alicyclic amines) is 1. The van der Waals surface area contributed by atoms with E-state index in [1.165, 1.54) is 5.56 Å². The first kappa shape index (κ1) is 19.2. The first-order valence-corrected chi connectivity index (χ1v) is 9.32. The number of carbonyl (C=O) groups is 2. The van der Waals surface area contributed by atoms with Gasteiger partial charge in [0.25, 0.3) is 0 Å². The smallest absolute Gasteiger partial charge is 0.229 e. The third kappa shape index (κ3) is 4.61. The predicted octanol–water partition coefficient (Wildman–Crippen LogP) is 3.70. The minimum Gasteiger partial charge on any atom is -0.376 e. The third-order valence-electron chi connectivity index (χ3n) is 4.78. The van der Waals surface area contributed by atoms with Crippen LogP contribution in [0.25, 0.3) is 0 Å². The molecular weight excluding hydrogens is 362 g/mol. The van der Waals surface area contributed by atoms with Crippen LogP contribution in [-0.4, -0.2) is 37.4 Å². The molecule has 2 amide bonds. The van der Waals surface area contributed by atoms with E-state index in [4.69, 9.17) is 11.6 Å². The minimum absolute atomic E-state index is 0.00894. The Morgan fingerprint density at radius 3 is 2.59 bits per heavy atom. The molecule has 1 N–H and O–H groups in total. The Hall–Kier alpha value is -2.53. The summed E-state index contributed by atoms with van der Waals surface area (Å²) in [6.07, 6.45) is 0.232. The normalized spacial score (nSPS) is 16.5. The number of rotatable bonds is 5. The Morgan fingerprint density at radius 2 is 1.93 bits per heavy atom. The van der Waals surface area contributed by atoms with Gasteiger partial charge >= 0.3 is 0 Å². The molecule has 0 bridgehead atoms. The molecule has 1 unspecified atom stereocenters. The highest BCUT2D eigenvalue weighted by Crippen LogP contribution is 2.29. The number of hydrogen-bond acceptors (Lipinski definition) is 3. The number of nitrogens with zero attached hydrogens (tertiary/aromatic N) is 2. The Kier molecular flexibility index (Phi) is 5.71. The van der Waals surface area contributed by atoms with Crippen LogP contribution >= 0.6 is 11.6 Å². The molecule has 0 radical (unpaired) electrons. The van der Waals surface area contributed by atoms with Crippen LogP contribution in [-0.2, 0) is 16.1 Å². The minimum atomic E-state index is -0.364. The maximum atomic E-state index is 12.7. The van der Waals surface area contributed by atoms with Crippen LogP contribution in [0.15, 0.2) is 42.5 Å². The van der Waals surface area contributed by atoms with Gasteiger partial charge in [0, 0.05) is 38.6 Å². The highest BCUT2D eigenvalue weighted by Gasteiger charge is 2.34. The van der Waals surface area contributed by atoms with Gasteiger partial charge in [-0.2, -0.15) is 0 Å². The molecule has 0 aromatic heterocycles. The second kappa shape index (κ2) is 8.01. The summed E-state index contributed by atoms with van der Waals surface area (Å²) >= 11 is 6.08. The van der Waals surface area contributed by atoms with Crippen LogP contribution in [0.5, 0.6) is 0 Å². The standard InChI is InChI=1S/C21H24ClN3O2/c1-14-4-6-15(7-5-14)12-25-13-16(10-20(25)26)21(27)23-18-11-17(22)8-9-19(18)24(2)3/h4-9,11,16H,10,12-13H2,1-3H3,(H,23,27). The van der Waals surface area contributed by atoms with Gasteiger partial charge in [-0.3, -0.25) is 9.59 Å². The molecule has 0 aliphatic carbocycles. The van der Waals surface area contributed by atoms with Gasteiger partial charge < -0.3 is 15.1 Å². The topological polar surface area (TPSA) is 52.7 Å². The Labute approximate surface area is 164 Å². The summed E-state index contributed by atoms with van der Waals surface area (Å²) < 4.78 is 0. The average Bonchev–Trinajstić information content (AvgIpc) is 2.97. The van der Waals surface area contributed by atoms with E-state index in [0.717, 1.165) is 11.3 Å². The number of aryl methyl sites for hydroxylation is 1. The van der Waals surface area contributed by atoms with E-state index in [2.05, 4.69) is 5.32 Å². The number of carbonyl (C=O) groups excluding carboxylic acids is 2. The summed E-state index contributed by atoms with van der Waals surface area (Å²) in [7, 11) is 3.81. The number of amides is 2. The van der Waals surface area contributed by atoms with E-state index in [0.29, 0.717) is 23.8 Å². The van der Waals surface area contributed by atoms with Gasteiger partial charge in [-0.25, -0.2) is 0 Å². The van der Waals surface area contributed by atoms with Gasteiger partial charge in [0.1, 0.15) is 0 Å². The van der Waals surface area contributed by atoms with Crippen molar-refractivity contribution in [1.29, 1.82) is 0 Å². The molecule has 0 spiro atoms. The van der Waals surface area contributed by atoms with Crippen LogP contribution in [0, 0.1) is 12.8 Å². The molecule has 1 fully saturated rings. The van der Waals surface area contributed by atoms with Gasteiger partial charge in [0.05, 0.1) is 17.3 Å². The van der Waals surface area contributed by atoms with Crippen molar-refractivity contribution in [2.75, 3.05) is 30.9 Å². The lowest BCUT2D eigenvalue weighted by Crippen LogP contribution is -2.28. The van der Waals surface area contributed by atoms with Crippen molar-refractivity contribution in [3.05, 3.63) is 58.6 Å². The summed E-state index contributed by atoms with van der Waals surface area (Å²) in [5.41, 5.74) is 3.78. The monoisotopic (exact) mass is 385 g/mol. The molecule has 1 saturated heterocycles. The fourth-order valence-corrected chi connectivity index (χ4v) is 3.42. The second-order valence-corrected chi connectivity index (χ2v) is 7.64. The molecule has 5 nitrogen and oxygen atoms in total. The molecule has 1 aliphatic heterocycles. The lowest BCUT2D eigenvalue weighted by atomic mass is 10.1. The van der Waals surface area contributed by atoms with E-state index < -0.39 is 0 Å². The fourth-order valence-electron chi connectivity index (χ4n) is 3.25. The molecule has 1 heterocycles. The molecule has 6 heteroatoms. The molecule has 27 heavy (non-hydrogen) atoms. The van der Waals surface area contributed by atoms with Crippen molar-refractivity contribution in [3.63, 3.8) is 0 Å². The Bertz CT molecular complexity index is 849. The second-order valence-electron chi connectivity index (χ2n) is 7.21. The summed E-state index contributed by atoms with van der Waals surface area (Å²) in [5, 5.41) is 3.50. The molecule has 1 aliphatic rings. The summed E-state index contributed by atoms with van der Waals surface area (Å²) in [5.74, 6) is -0.508. The predicted molar refractivity (Wildman–Crippen MR) is 109 cm³/mol. The average molecular weight is 386 g/mol. The van der Waals surface area contributed by atoms with Crippen molar-refractivity contribution < 1.29 is 9.59 Å². The summed E-state index contributed by atoms with van der Waals surface area (Å²) in [6, 6.07) is 13.5. The summed E-state index contributed by atoms with van der Waals surface area (Å²) in [6.45, 7) is 2.99. The van der Waals surface area contributed by atoms with Gasteiger partial charge in [0.15, 0.2) is 0 Å². The lowest BCUT2D eigenvalue weighted by Gasteiger charge is -2.20. The zero-order chi connectivity index (χ0) is 19.6. The fraction of sp³-hybridized carbons (Fsp3) is 0.333. The van der Waals surface area contributed by atoms with Crippen LogP contribution in [0.4, 0.5) is 11.4 Å². The van der Waals surface area contributed by atoms with E-state index in [1.54, 1.807) is 17.0 Å². The van der Waals surface area contributed by atoms with Crippen LogP contribution in [0.1, 0.15) is 17.5 Å². The molecule has 0 saturated carbocycles. The van der Waals surface area contributed by atoms with Crippen LogP contribution < -0.4 is 10.2 Å². The van der Waals surface area contributed by atoms with Gasteiger partial charge in [-0.15, -0.1) is 0 Å². The van der Waals surface area contributed by atoms with Crippen LogP contribution in [0.2, 0.25) is 5.02 Å². The van der Waals surface area contributed by atoms with Gasteiger partial charge in [-0.1, -0.05) is 41.4 Å². The highest BCUT2D eigenvalue weighted by atomic mass is 35.5. The van der Waals surface area contributed by atoms with E-state index >= 15 is 0 Å². The van der Waals surface area contributed by atoms with E-state index in [-0.39, 0.29) is 24.2 Å². The molecule has 3 rings (SSSR count). The van der Waals surface area contributed by atoms with Gasteiger partial charge in [0.2, 0.25) is 11.8 Å². The molecular formula is C21H24ClN3O2. The SMILES string of the molecule is Cc1ccc(CN2CC(C(=O)Nc3cc(Cl)ccc3N(C)C)CC2=O)cc1. The zero-order valence-electron chi connectivity index (χ0n) is 15.8. The number of anilines is 2. The van der Waals surface area contributed by atoms with Crippen molar-refractivity contribution in [2.45, 2.75) is 19.9 Å². The van der Waals surface area contributed by atoms with Crippen molar-refractivity contribution in [2.24, 2.45) is 5.92 Å². The molecule has 1 atom stereocenters. The first-order chi connectivity index (χ1) is 12.8. The summed E-state index contributed by atoms with van der Waals surface area (Å²) in [4.78, 5) is 28.8. The largest absolute Gasteiger partial charge is 0.376 e. The number of halogens is 1.